The van der Waals surface area contributed by atoms with E-state index in [0.717, 1.165) is 89.2 Å². The molecule has 10 rings (SSSR count). The Balaban J connectivity index is 0.000000162. The molecule has 9 heteroatoms. The fourth-order valence-electron chi connectivity index (χ4n) is 6.21. The fourth-order valence-corrected chi connectivity index (χ4v) is 6.21. The summed E-state index contributed by atoms with van der Waals surface area (Å²) in [6, 6.07) is 60.9. The van der Waals surface area contributed by atoms with E-state index in [9.17, 15) is 0 Å². The molecule has 0 amide bonds. The minimum Gasteiger partial charge on any atom is -1.00 e. The van der Waals surface area contributed by atoms with Gasteiger partial charge in [0.05, 0.1) is 56.2 Å². The monoisotopic (exact) mass is 958 g/mol. The van der Waals surface area contributed by atoms with Crippen molar-refractivity contribution in [3.63, 3.8) is 0 Å². The number of fused-ring (bicyclic) bond motifs is 4. The topological polar surface area (TPSA) is 77.3 Å². The molecule has 0 fully saturated rings. The summed E-state index contributed by atoms with van der Waals surface area (Å²) >= 11 is 0. The van der Waals surface area contributed by atoms with Crippen LogP contribution in [-0.2, 0) is 19.8 Å². The molecule has 0 aliphatic rings. The van der Waals surface area contributed by atoms with Crippen molar-refractivity contribution < 1.29 is 44.6 Å². The van der Waals surface area contributed by atoms with Crippen molar-refractivity contribution in [1.82, 2.24) is 29.9 Å². The third-order valence-electron chi connectivity index (χ3n) is 8.96. The first-order valence-corrected chi connectivity index (χ1v) is 17.9. The number of halogens is 2. The van der Waals surface area contributed by atoms with Crippen molar-refractivity contribution in [3.8, 4) is 34.2 Å². The number of hydrogen-bond donors (Lipinski definition) is 0. The van der Waals surface area contributed by atoms with Gasteiger partial charge in [-0.3, -0.25) is 9.97 Å². The third-order valence-corrected chi connectivity index (χ3v) is 8.96. The first-order valence-electron chi connectivity index (χ1n) is 17.9. The molecular weight excluding hydrogens is 922 g/mol. The summed E-state index contributed by atoms with van der Waals surface area (Å²) in [5.41, 5.74) is 11.6. The SMILES string of the molecule is Cc1cccc(-c2cccc(C)n2)n1.[Cl-].[Cl-].[Os+6].c1ccc2nc(-c3ccc4ccccc4n3)ccc2c1.c1ccc2nc(-c3ccc4ccccc4n3)ccc2c1. The molecule has 0 radical (unpaired) electrons. The number of nitrogens with zero attached hydrogens (tertiary/aromatic N) is 6. The smallest absolute Gasteiger partial charge is 1.00 e. The summed E-state index contributed by atoms with van der Waals surface area (Å²) in [6.07, 6.45) is 0. The molecule has 0 aliphatic carbocycles. The van der Waals surface area contributed by atoms with Crippen LogP contribution in [0.5, 0.6) is 0 Å². The van der Waals surface area contributed by atoms with E-state index in [1.54, 1.807) is 0 Å². The van der Waals surface area contributed by atoms with Gasteiger partial charge in [-0.2, -0.15) is 0 Å². The average molecular weight is 958 g/mol. The van der Waals surface area contributed by atoms with Crippen LogP contribution < -0.4 is 24.8 Å². The molecule has 0 bridgehead atoms. The second-order valence-corrected chi connectivity index (χ2v) is 12.9. The van der Waals surface area contributed by atoms with E-state index in [2.05, 4.69) is 78.4 Å². The summed E-state index contributed by atoms with van der Waals surface area (Å²) in [4.78, 5) is 27.6. The van der Waals surface area contributed by atoms with Gasteiger partial charge < -0.3 is 24.8 Å². The fraction of sp³-hybridized carbons (Fsp3) is 0.0417. The van der Waals surface area contributed by atoms with E-state index < -0.39 is 0 Å². The van der Waals surface area contributed by atoms with Crippen LogP contribution in [0.4, 0.5) is 0 Å². The second-order valence-electron chi connectivity index (χ2n) is 12.9. The Hall–Kier alpha value is -5.96. The van der Waals surface area contributed by atoms with E-state index in [1.807, 2.05) is 147 Å². The molecule has 4 aromatic carbocycles. The second kappa shape index (κ2) is 19.8. The molecule has 0 spiro atoms. The van der Waals surface area contributed by atoms with E-state index in [0.29, 0.717) is 0 Å². The van der Waals surface area contributed by atoms with Crippen LogP contribution in [0.25, 0.3) is 77.8 Å². The number of pyridine rings is 6. The van der Waals surface area contributed by atoms with Crippen LogP contribution in [0.2, 0.25) is 0 Å². The number of rotatable bonds is 3. The molecule has 10 aromatic rings. The summed E-state index contributed by atoms with van der Waals surface area (Å²) in [7, 11) is 0. The molecule has 0 atom stereocenters. The first-order chi connectivity index (χ1) is 26.6. The van der Waals surface area contributed by atoms with Crippen LogP contribution in [0.1, 0.15) is 11.4 Å². The van der Waals surface area contributed by atoms with Crippen molar-refractivity contribution in [3.05, 3.63) is 193 Å². The van der Waals surface area contributed by atoms with Crippen LogP contribution in [0, 0.1) is 13.8 Å². The molecule has 0 N–H and O–H groups in total. The van der Waals surface area contributed by atoms with E-state index >= 15 is 0 Å². The number of aryl methyl sites for hydroxylation is 2. The Morgan fingerprint density at radius 2 is 0.491 bits per heavy atom. The minimum atomic E-state index is 0. The van der Waals surface area contributed by atoms with Gasteiger partial charge in [-0.25, -0.2) is 19.9 Å². The predicted octanol–water partition coefficient (Wildman–Crippen LogP) is 5.67. The number of para-hydroxylation sites is 4. The van der Waals surface area contributed by atoms with Crippen molar-refractivity contribution in [1.29, 1.82) is 0 Å². The third kappa shape index (κ3) is 10.3. The summed E-state index contributed by atoms with van der Waals surface area (Å²) in [5, 5.41) is 4.60. The Labute approximate surface area is 357 Å². The van der Waals surface area contributed by atoms with E-state index in [4.69, 9.17) is 0 Å². The van der Waals surface area contributed by atoms with Crippen LogP contribution >= 0.6 is 0 Å². The summed E-state index contributed by atoms with van der Waals surface area (Å²) < 4.78 is 0. The Bertz CT molecular complexity index is 2550. The predicted molar refractivity (Wildman–Crippen MR) is 222 cm³/mol. The molecule has 0 saturated heterocycles. The zero-order valence-electron chi connectivity index (χ0n) is 31.1. The molecule has 6 heterocycles. The Morgan fingerprint density at radius 3 is 0.754 bits per heavy atom. The maximum absolute atomic E-state index is 4.69. The Morgan fingerprint density at radius 1 is 0.246 bits per heavy atom. The summed E-state index contributed by atoms with van der Waals surface area (Å²) in [5.74, 6) is 0. The normalized spacial score (nSPS) is 10.2. The quantitative estimate of drug-likeness (QED) is 0.228. The first kappa shape index (κ1) is 42.2. The van der Waals surface area contributed by atoms with Gasteiger partial charge in [-0.1, -0.05) is 109 Å². The van der Waals surface area contributed by atoms with E-state index in [1.165, 1.54) is 0 Å². The van der Waals surface area contributed by atoms with Gasteiger partial charge in [0.1, 0.15) is 0 Å². The summed E-state index contributed by atoms with van der Waals surface area (Å²) in [6.45, 7) is 3.97. The number of hydrogen-bond acceptors (Lipinski definition) is 6. The molecular formula is C48H36Cl2N6Os+4. The molecule has 6 nitrogen and oxygen atoms in total. The van der Waals surface area contributed by atoms with Crippen molar-refractivity contribution >= 4 is 43.6 Å². The zero-order chi connectivity index (χ0) is 36.7. The van der Waals surface area contributed by atoms with Crippen LogP contribution in [-0.4, -0.2) is 29.9 Å². The standard InChI is InChI=1S/2C18H12N2.C12H12N2.2ClH.Os/c2*1-3-7-15-13(5-1)9-11-17(19-15)18-12-10-14-6-2-4-8-16(14)20-18;1-9-5-3-7-11(13-9)12-8-4-6-10(2)14-12;;;/h2*1-12H;3-8H,1-2H3;2*1H;/q;;;;;+6/p-2. The van der Waals surface area contributed by atoms with Gasteiger partial charge in [-0.05, 0) is 86.6 Å². The van der Waals surface area contributed by atoms with Gasteiger partial charge in [0, 0.05) is 32.9 Å². The van der Waals surface area contributed by atoms with Crippen molar-refractivity contribution in [2.45, 2.75) is 13.8 Å². The van der Waals surface area contributed by atoms with Gasteiger partial charge >= 0.3 is 19.8 Å². The van der Waals surface area contributed by atoms with Gasteiger partial charge in [-0.15, -0.1) is 0 Å². The van der Waals surface area contributed by atoms with Gasteiger partial charge in [0.2, 0.25) is 0 Å². The average Bonchev–Trinajstić information content (AvgIpc) is 3.23. The van der Waals surface area contributed by atoms with Crippen molar-refractivity contribution in [2.75, 3.05) is 0 Å². The molecule has 0 saturated carbocycles. The maximum Gasteiger partial charge on any atom is 6.00 e. The molecule has 6 aromatic heterocycles. The van der Waals surface area contributed by atoms with E-state index in [-0.39, 0.29) is 44.6 Å². The molecule has 57 heavy (non-hydrogen) atoms. The Kier molecular flexibility index (Phi) is 14.6. The van der Waals surface area contributed by atoms with Crippen LogP contribution in [0.3, 0.4) is 0 Å². The zero-order valence-corrected chi connectivity index (χ0v) is 35.2. The largest absolute Gasteiger partial charge is 6.00 e. The number of benzene rings is 4. The van der Waals surface area contributed by atoms with Gasteiger partial charge in [0.15, 0.2) is 0 Å². The molecule has 0 unspecified atom stereocenters. The van der Waals surface area contributed by atoms with Crippen LogP contribution in [0.15, 0.2) is 182 Å². The molecule has 276 valence electrons. The number of aromatic nitrogens is 6. The molecule has 0 aliphatic heterocycles. The van der Waals surface area contributed by atoms with Gasteiger partial charge in [0.25, 0.3) is 0 Å². The minimum absolute atomic E-state index is 0. The van der Waals surface area contributed by atoms with Crippen molar-refractivity contribution in [2.24, 2.45) is 0 Å². The maximum atomic E-state index is 4.69.